The van der Waals surface area contributed by atoms with Crippen molar-refractivity contribution >= 4 is 22.0 Å². The molecule has 0 spiro atoms. The highest BCUT2D eigenvalue weighted by atomic mass is 32.2. The van der Waals surface area contributed by atoms with Crippen LogP contribution in [0.15, 0.2) is 0 Å². The van der Waals surface area contributed by atoms with Gasteiger partial charge in [-0.3, -0.25) is 4.79 Å². The lowest BCUT2D eigenvalue weighted by atomic mass is 10.1. The van der Waals surface area contributed by atoms with E-state index in [0.717, 1.165) is 6.26 Å². The quantitative estimate of drug-likeness (QED) is 0.703. The van der Waals surface area contributed by atoms with Gasteiger partial charge in [-0.05, 0) is 12.3 Å². The smallest absolute Gasteiger partial charge is 0.317 e. The number of rotatable bonds is 6. The Balaban J connectivity index is 2.30. The summed E-state index contributed by atoms with van der Waals surface area (Å²) in [6.07, 6.45) is 1.76. The van der Waals surface area contributed by atoms with Crippen LogP contribution in [-0.2, 0) is 14.8 Å². The van der Waals surface area contributed by atoms with Crippen LogP contribution in [0.3, 0.4) is 0 Å². The first-order valence-electron chi connectivity index (χ1n) is 6.90. The molecule has 0 saturated carbocycles. The van der Waals surface area contributed by atoms with Gasteiger partial charge in [-0.2, -0.15) is 4.31 Å². The number of carbonyl (C=O) groups excluding carboxylic acids is 1. The van der Waals surface area contributed by atoms with Gasteiger partial charge in [0, 0.05) is 39.1 Å². The molecule has 1 aliphatic rings. The molecule has 0 aromatic carbocycles. The second-order valence-electron chi connectivity index (χ2n) is 5.37. The number of carboxylic acids is 1. The van der Waals surface area contributed by atoms with E-state index < -0.39 is 16.0 Å². The van der Waals surface area contributed by atoms with E-state index in [4.69, 9.17) is 5.11 Å². The van der Waals surface area contributed by atoms with Gasteiger partial charge in [0.2, 0.25) is 10.0 Å². The maximum atomic E-state index is 11.9. The highest BCUT2D eigenvalue weighted by Crippen LogP contribution is 2.07. The molecule has 122 valence electrons. The second kappa shape index (κ2) is 7.60. The molecule has 0 radical (unpaired) electrons. The van der Waals surface area contributed by atoms with Gasteiger partial charge in [-0.15, -0.1) is 0 Å². The number of carbonyl (C=O) groups is 2. The molecule has 0 aliphatic carbocycles. The van der Waals surface area contributed by atoms with Crippen LogP contribution in [0.2, 0.25) is 0 Å². The summed E-state index contributed by atoms with van der Waals surface area (Å²) in [6, 6.07) is -0.231. The van der Waals surface area contributed by atoms with Crippen molar-refractivity contribution in [2.24, 2.45) is 5.92 Å². The summed E-state index contributed by atoms with van der Waals surface area (Å²) in [6.45, 7) is 3.63. The van der Waals surface area contributed by atoms with E-state index in [0.29, 0.717) is 39.1 Å². The third-order valence-corrected chi connectivity index (χ3v) is 4.75. The predicted octanol–water partition coefficient (Wildman–Crippen LogP) is -0.226. The number of nitrogens with one attached hydrogen (secondary N) is 1. The lowest BCUT2D eigenvalue weighted by Gasteiger charge is -2.33. The first kappa shape index (κ1) is 17.7. The summed E-state index contributed by atoms with van der Waals surface area (Å²) in [4.78, 5) is 24.0. The molecule has 1 fully saturated rings. The number of hydrogen-bond donors (Lipinski definition) is 2. The number of carboxylic acid groups (broad SMARTS) is 1. The van der Waals surface area contributed by atoms with Crippen LogP contribution in [0, 0.1) is 5.92 Å². The largest absolute Gasteiger partial charge is 0.481 e. The van der Waals surface area contributed by atoms with Gasteiger partial charge in [-0.1, -0.05) is 6.92 Å². The average Bonchev–Trinajstić information content (AvgIpc) is 2.41. The summed E-state index contributed by atoms with van der Waals surface area (Å²) in [5, 5.41) is 11.3. The Morgan fingerprint density at radius 1 is 1.24 bits per heavy atom. The number of piperazine rings is 1. The van der Waals surface area contributed by atoms with Crippen LogP contribution >= 0.6 is 0 Å². The molecule has 0 aromatic rings. The van der Waals surface area contributed by atoms with E-state index in [1.165, 1.54) is 4.31 Å². The molecular formula is C12H23N3O5S. The van der Waals surface area contributed by atoms with Gasteiger partial charge in [0.05, 0.1) is 6.26 Å². The standard InChI is InChI=1S/C12H23N3O5S/c1-10(3-4-11(16)17)9-13-12(18)14-5-7-15(8-6-14)21(2,19)20/h10H,3-9H2,1-2H3,(H,13,18)(H,16,17). The summed E-state index contributed by atoms with van der Waals surface area (Å²) in [5.74, 6) is -0.757. The Morgan fingerprint density at radius 2 is 1.81 bits per heavy atom. The maximum Gasteiger partial charge on any atom is 0.317 e. The van der Waals surface area contributed by atoms with Gasteiger partial charge in [0.25, 0.3) is 0 Å². The van der Waals surface area contributed by atoms with E-state index >= 15 is 0 Å². The van der Waals surface area contributed by atoms with E-state index in [9.17, 15) is 18.0 Å². The molecule has 2 N–H and O–H groups in total. The van der Waals surface area contributed by atoms with E-state index in [1.807, 2.05) is 6.92 Å². The van der Waals surface area contributed by atoms with Crippen molar-refractivity contribution in [3.8, 4) is 0 Å². The lowest BCUT2D eigenvalue weighted by Crippen LogP contribution is -2.53. The lowest BCUT2D eigenvalue weighted by molar-refractivity contribution is -0.137. The van der Waals surface area contributed by atoms with Crippen molar-refractivity contribution in [2.75, 3.05) is 39.0 Å². The van der Waals surface area contributed by atoms with Gasteiger partial charge in [0.15, 0.2) is 0 Å². The normalized spacial score (nSPS) is 18.3. The zero-order chi connectivity index (χ0) is 16.0. The van der Waals surface area contributed by atoms with Crippen molar-refractivity contribution in [3.05, 3.63) is 0 Å². The van der Waals surface area contributed by atoms with Crippen LogP contribution in [-0.4, -0.2) is 73.7 Å². The molecule has 8 nitrogen and oxygen atoms in total. The third-order valence-electron chi connectivity index (χ3n) is 3.45. The van der Waals surface area contributed by atoms with E-state index in [-0.39, 0.29) is 18.4 Å². The first-order valence-corrected chi connectivity index (χ1v) is 8.74. The fourth-order valence-electron chi connectivity index (χ4n) is 2.07. The molecular weight excluding hydrogens is 298 g/mol. The highest BCUT2D eigenvalue weighted by Gasteiger charge is 2.25. The molecule has 1 rings (SSSR count). The van der Waals surface area contributed by atoms with Crippen molar-refractivity contribution < 1.29 is 23.1 Å². The molecule has 2 amide bonds. The van der Waals surface area contributed by atoms with Gasteiger partial charge < -0.3 is 15.3 Å². The number of nitrogens with zero attached hydrogens (tertiary/aromatic N) is 2. The molecule has 21 heavy (non-hydrogen) atoms. The molecule has 0 bridgehead atoms. The Bertz CT molecular complexity index is 471. The zero-order valence-corrected chi connectivity index (χ0v) is 13.2. The van der Waals surface area contributed by atoms with Crippen molar-refractivity contribution in [3.63, 3.8) is 0 Å². The van der Waals surface area contributed by atoms with Crippen molar-refractivity contribution in [2.45, 2.75) is 19.8 Å². The number of sulfonamides is 1. The zero-order valence-electron chi connectivity index (χ0n) is 12.4. The second-order valence-corrected chi connectivity index (χ2v) is 7.36. The van der Waals surface area contributed by atoms with Gasteiger partial charge >= 0.3 is 12.0 Å². The number of hydrogen-bond acceptors (Lipinski definition) is 4. The van der Waals surface area contributed by atoms with Gasteiger partial charge in [0.1, 0.15) is 0 Å². The number of amides is 2. The summed E-state index contributed by atoms with van der Waals surface area (Å²) < 4.78 is 24.1. The third kappa shape index (κ3) is 6.30. The molecule has 1 aliphatic heterocycles. The van der Waals surface area contributed by atoms with Crippen molar-refractivity contribution in [1.82, 2.24) is 14.5 Å². The molecule has 1 atom stereocenters. The van der Waals surface area contributed by atoms with Crippen LogP contribution in [0.1, 0.15) is 19.8 Å². The SMILES string of the molecule is CC(CCC(=O)O)CNC(=O)N1CCN(S(C)(=O)=O)CC1. The summed E-state index contributed by atoms with van der Waals surface area (Å²) in [7, 11) is -3.20. The Kier molecular flexibility index (Phi) is 6.41. The highest BCUT2D eigenvalue weighted by molar-refractivity contribution is 7.88. The van der Waals surface area contributed by atoms with Crippen LogP contribution < -0.4 is 5.32 Å². The predicted molar refractivity (Wildman–Crippen MR) is 77.4 cm³/mol. The Hall–Kier alpha value is -1.35. The van der Waals surface area contributed by atoms with Crippen LogP contribution in [0.4, 0.5) is 4.79 Å². The van der Waals surface area contributed by atoms with Crippen LogP contribution in [0.25, 0.3) is 0 Å². The monoisotopic (exact) mass is 321 g/mol. The molecule has 0 aromatic heterocycles. The topological polar surface area (TPSA) is 107 Å². The number of urea groups is 1. The Morgan fingerprint density at radius 3 is 2.29 bits per heavy atom. The summed E-state index contributed by atoms with van der Waals surface area (Å²) in [5.41, 5.74) is 0. The minimum atomic E-state index is -3.20. The minimum absolute atomic E-state index is 0.0855. The van der Waals surface area contributed by atoms with Crippen molar-refractivity contribution in [1.29, 1.82) is 0 Å². The van der Waals surface area contributed by atoms with E-state index in [1.54, 1.807) is 4.90 Å². The van der Waals surface area contributed by atoms with E-state index in [2.05, 4.69) is 5.32 Å². The average molecular weight is 321 g/mol. The molecule has 1 heterocycles. The molecule has 1 saturated heterocycles. The minimum Gasteiger partial charge on any atom is -0.481 e. The Labute approximate surface area is 125 Å². The molecule has 9 heteroatoms. The van der Waals surface area contributed by atoms with Crippen LogP contribution in [0.5, 0.6) is 0 Å². The fraction of sp³-hybridized carbons (Fsp3) is 0.833. The summed E-state index contributed by atoms with van der Waals surface area (Å²) >= 11 is 0. The number of aliphatic carboxylic acids is 1. The fourth-order valence-corrected chi connectivity index (χ4v) is 2.89. The molecule has 1 unspecified atom stereocenters. The van der Waals surface area contributed by atoms with Gasteiger partial charge in [-0.25, -0.2) is 13.2 Å². The maximum absolute atomic E-state index is 11.9. The first-order chi connectivity index (χ1) is 9.70.